The van der Waals surface area contributed by atoms with E-state index in [1.165, 1.54) is 30.2 Å². The van der Waals surface area contributed by atoms with E-state index in [-0.39, 0.29) is 23.4 Å². The fraction of sp³-hybridized carbons (Fsp3) is 0.429. The maximum atomic E-state index is 13.4. The second kappa shape index (κ2) is 7.47. The minimum Gasteiger partial charge on any atom is -0.494 e. The van der Waals surface area contributed by atoms with Gasteiger partial charge in [0.15, 0.2) is 11.6 Å². The van der Waals surface area contributed by atoms with Crippen molar-refractivity contribution in [1.82, 2.24) is 4.90 Å². The van der Waals surface area contributed by atoms with Crippen LogP contribution >= 0.6 is 0 Å². The van der Waals surface area contributed by atoms with Crippen LogP contribution in [-0.2, 0) is 0 Å². The molecule has 0 spiro atoms. The molecular formula is C14H20FN3O3. The van der Waals surface area contributed by atoms with Crippen molar-refractivity contribution in [3.05, 3.63) is 29.6 Å². The van der Waals surface area contributed by atoms with Gasteiger partial charge in [0.05, 0.1) is 7.11 Å². The highest BCUT2D eigenvalue weighted by molar-refractivity contribution is 5.95. The molecule has 1 atom stereocenters. The molecule has 0 heterocycles. The summed E-state index contributed by atoms with van der Waals surface area (Å²) in [5.74, 6) is -1.02. The Morgan fingerprint density at radius 1 is 1.57 bits per heavy atom. The molecule has 0 saturated heterocycles. The van der Waals surface area contributed by atoms with Crippen LogP contribution in [0.4, 0.5) is 4.39 Å². The van der Waals surface area contributed by atoms with Crippen LogP contribution in [0.25, 0.3) is 0 Å². The lowest BCUT2D eigenvalue weighted by atomic mass is 10.1. The third-order valence-corrected chi connectivity index (χ3v) is 3.18. The van der Waals surface area contributed by atoms with Gasteiger partial charge in [0.1, 0.15) is 5.84 Å². The van der Waals surface area contributed by atoms with Gasteiger partial charge in [-0.3, -0.25) is 4.79 Å². The first-order chi connectivity index (χ1) is 9.94. The Morgan fingerprint density at radius 2 is 2.24 bits per heavy atom. The van der Waals surface area contributed by atoms with Gasteiger partial charge in [-0.2, -0.15) is 0 Å². The van der Waals surface area contributed by atoms with E-state index in [1.54, 1.807) is 6.92 Å². The summed E-state index contributed by atoms with van der Waals surface area (Å²) in [4.78, 5) is 13.9. The van der Waals surface area contributed by atoms with Crippen molar-refractivity contribution in [3.63, 3.8) is 0 Å². The molecule has 0 saturated carbocycles. The fourth-order valence-corrected chi connectivity index (χ4v) is 1.85. The standard InChI is InChI=1S/C14H20FN3O3/c1-4-18(8-9(2)13(16)17-20)14(19)10-5-6-11(15)12(7-10)21-3/h5-7,9,20H,4,8H2,1-3H3,(H2,16,17). The molecule has 0 aliphatic carbocycles. The van der Waals surface area contributed by atoms with Crippen molar-refractivity contribution >= 4 is 11.7 Å². The lowest BCUT2D eigenvalue weighted by molar-refractivity contribution is 0.0753. The molecule has 1 aromatic carbocycles. The van der Waals surface area contributed by atoms with E-state index in [0.717, 1.165) is 0 Å². The van der Waals surface area contributed by atoms with Crippen molar-refractivity contribution in [2.45, 2.75) is 13.8 Å². The number of oxime groups is 1. The molecule has 1 aromatic rings. The van der Waals surface area contributed by atoms with Crippen LogP contribution in [0, 0.1) is 11.7 Å². The topological polar surface area (TPSA) is 88.1 Å². The SMILES string of the molecule is CCN(CC(C)/C(N)=N/O)C(=O)c1ccc(F)c(OC)c1. The molecule has 0 bridgehead atoms. The average Bonchev–Trinajstić information content (AvgIpc) is 2.51. The van der Waals surface area contributed by atoms with Crippen LogP contribution in [0.5, 0.6) is 5.75 Å². The highest BCUT2D eigenvalue weighted by Gasteiger charge is 2.20. The monoisotopic (exact) mass is 297 g/mol. The number of halogens is 1. The number of nitrogens with zero attached hydrogens (tertiary/aromatic N) is 2. The van der Waals surface area contributed by atoms with E-state index in [9.17, 15) is 9.18 Å². The van der Waals surface area contributed by atoms with Gasteiger partial charge in [0, 0.05) is 24.6 Å². The zero-order valence-corrected chi connectivity index (χ0v) is 12.3. The van der Waals surface area contributed by atoms with Crippen LogP contribution in [0.1, 0.15) is 24.2 Å². The van der Waals surface area contributed by atoms with E-state index in [4.69, 9.17) is 15.7 Å². The summed E-state index contributed by atoms with van der Waals surface area (Å²) in [6.07, 6.45) is 0. The van der Waals surface area contributed by atoms with E-state index in [1.807, 2.05) is 6.92 Å². The highest BCUT2D eigenvalue weighted by atomic mass is 19.1. The summed E-state index contributed by atoms with van der Waals surface area (Å²) in [5, 5.41) is 11.6. The second-order valence-electron chi connectivity index (χ2n) is 4.62. The molecule has 7 heteroatoms. The molecule has 1 amide bonds. The Labute approximate surface area is 123 Å². The lowest BCUT2D eigenvalue weighted by Crippen LogP contribution is -2.38. The predicted molar refractivity (Wildman–Crippen MR) is 77.1 cm³/mol. The van der Waals surface area contributed by atoms with E-state index in [2.05, 4.69) is 5.16 Å². The number of carbonyl (C=O) groups excluding carboxylic acids is 1. The van der Waals surface area contributed by atoms with Gasteiger partial charge in [-0.15, -0.1) is 0 Å². The third-order valence-electron chi connectivity index (χ3n) is 3.18. The number of rotatable bonds is 6. The van der Waals surface area contributed by atoms with Crippen molar-refractivity contribution < 1.29 is 19.1 Å². The first-order valence-electron chi connectivity index (χ1n) is 6.54. The van der Waals surface area contributed by atoms with Crippen LogP contribution in [-0.4, -0.2) is 42.0 Å². The first kappa shape index (κ1) is 16.7. The highest BCUT2D eigenvalue weighted by Crippen LogP contribution is 2.19. The van der Waals surface area contributed by atoms with Gasteiger partial charge in [0.2, 0.25) is 0 Å². The molecule has 6 nitrogen and oxygen atoms in total. The molecular weight excluding hydrogens is 277 g/mol. The minimum atomic E-state index is -0.526. The number of amides is 1. The predicted octanol–water partition coefficient (Wildman–Crippen LogP) is 1.68. The first-order valence-corrected chi connectivity index (χ1v) is 6.54. The summed E-state index contributed by atoms with van der Waals surface area (Å²) in [7, 11) is 1.34. The van der Waals surface area contributed by atoms with Crippen molar-refractivity contribution in [1.29, 1.82) is 0 Å². The van der Waals surface area contributed by atoms with Crippen LogP contribution in [0.2, 0.25) is 0 Å². The maximum Gasteiger partial charge on any atom is 0.254 e. The molecule has 0 radical (unpaired) electrons. The zero-order valence-electron chi connectivity index (χ0n) is 12.3. The smallest absolute Gasteiger partial charge is 0.254 e. The Hall–Kier alpha value is -2.31. The molecule has 3 N–H and O–H groups in total. The molecule has 1 rings (SSSR count). The van der Waals surface area contributed by atoms with Gasteiger partial charge >= 0.3 is 0 Å². The van der Waals surface area contributed by atoms with Gasteiger partial charge in [-0.1, -0.05) is 12.1 Å². The van der Waals surface area contributed by atoms with Crippen LogP contribution in [0.15, 0.2) is 23.4 Å². The summed E-state index contributed by atoms with van der Waals surface area (Å²) in [5.41, 5.74) is 5.84. The Bertz CT molecular complexity index is 534. The Kier molecular flexibility index (Phi) is 5.95. The summed E-state index contributed by atoms with van der Waals surface area (Å²) >= 11 is 0. The van der Waals surface area contributed by atoms with Gasteiger partial charge in [-0.25, -0.2) is 4.39 Å². The number of benzene rings is 1. The number of ether oxygens (including phenoxy) is 1. The summed E-state index contributed by atoms with van der Waals surface area (Å²) in [6, 6.07) is 3.94. The number of nitrogens with two attached hydrogens (primary N) is 1. The largest absolute Gasteiger partial charge is 0.494 e. The van der Waals surface area contributed by atoms with Crippen molar-refractivity contribution in [2.24, 2.45) is 16.8 Å². The van der Waals surface area contributed by atoms with E-state index in [0.29, 0.717) is 18.7 Å². The quantitative estimate of drug-likeness (QED) is 0.362. The molecule has 0 aromatic heterocycles. The number of methoxy groups -OCH3 is 1. The lowest BCUT2D eigenvalue weighted by Gasteiger charge is -2.24. The van der Waals surface area contributed by atoms with Crippen molar-refractivity contribution in [3.8, 4) is 5.75 Å². The molecule has 0 fully saturated rings. The maximum absolute atomic E-state index is 13.4. The Balaban J connectivity index is 2.93. The van der Waals surface area contributed by atoms with E-state index >= 15 is 0 Å². The van der Waals surface area contributed by atoms with Gasteiger partial charge in [0.25, 0.3) is 5.91 Å². The number of carbonyl (C=O) groups is 1. The molecule has 0 aliphatic rings. The van der Waals surface area contributed by atoms with Crippen molar-refractivity contribution in [2.75, 3.05) is 20.2 Å². The van der Waals surface area contributed by atoms with E-state index < -0.39 is 5.82 Å². The fourth-order valence-electron chi connectivity index (χ4n) is 1.85. The third kappa shape index (κ3) is 4.08. The molecule has 0 aliphatic heterocycles. The number of amidine groups is 1. The van der Waals surface area contributed by atoms with Crippen LogP contribution < -0.4 is 10.5 Å². The van der Waals surface area contributed by atoms with Crippen LogP contribution in [0.3, 0.4) is 0 Å². The Morgan fingerprint density at radius 3 is 2.76 bits per heavy atom. The zero-order chi connectivity index (χ0) is 16.0. The number of hydrogen-bond donors (Lipinski definition) is 2. The summed E-state index contributed by atoms with van der Waals surface area (Å²) < 4.78 is 18.2. The molecule has 1 unspecified atom stereocenters. The average molecular weight is 297 g/mol. The second-order valence-corrected chi connectivity index (χ2v) is 4.62. The van der Waals surface area contributed by atoms with Gasteiger partial charge in [-0.05, 0) is 25.1 Å². The summed E-state index contributed by atoms with van der Waals surface area (Å²) in [6.45, 7) is 4.31. The molecule has 21 heavy (non-hydrogen) atoms. The minimum absolute atomic E-state index is 0.0152. The normalized spacial score (nSPS) is 12.9. The molecule has 116 valence electrons. The van der Waals surface area contributed by atoms with Gasteiger partial charge < -0.3 is 20.6 Å². The number of hydrogen-bond acceptors (Lipinski definition) is 4.